The summed E-state index contributed by atoms with van der Waals surface area (Å²) >= 11 is 0. The summed E-state index contributed by atoms with van der Waals surface area (Å²) in [5.74, 6) is 1.15. The predicted octanol–water partition coefficient (Wildman–Crippen LogP) is 3.04. The van der Waals surface area contributed by atoms with Gasteiger partial charge in [-0.2, -0.15) is 9.97 Å². The molecule has 0 fully saturated rings. The smallest absolute Gasteiger partial charge is 0.227 e. The van der Waals surface area contributed by atoms with Gasteiger partial charge < -0.3 is 10.6 Å². The maximum absolute atomic E-state index is 4.57. The average molecular weight is 343 g/mol. The number of anilines is 2. The van der Waals surface area contributed by atoms with Crippen molar-refractivity contribution in [2.24, 2.45) is 0 Å². The largest absolute Gasteiger partial charge is 0.364 e. The van der Waals surface area contributed by atoms with Crippen molar-refractivity contribution in [2.45, 2.75) is 13.1 Å². The number of rotatable bonds is 6. The van der Waals surface area contributed by atoms with E-state index in [4.69, 9.17) is 0 Å². The number of benzene rings is 1. The summed E-state index contributed by atoms with van der Waals surface area (Å²) in [6.07, 6.45) is 6.82. The van der Waals surface area contributed by atoms with Gasteiger partial charge in [-0.05, 0) is 17.2 Å². The summed E-state index contributed by atoms with van der Waals surface area (Å²) in [6, 6.07) is 14.0. The van der Waals surface area contributed by atoms with E-state index in [1.54, 1.807) is 18.6 Å². The van der Waals surface area contributed by atoms with E-state index in [1.807, 2.05) is 36.5 Å². The van der Waals surface area contributed by atoms with E-state index < -0.39 is 0 Å². The highest BCUT2D eigenvalue weighted by Crippen LogP contribution is 2.19. The highest BCUT2D eigenvalue weighted by atomic mass is 15.2. The van der Waals surface area contributed by atoms with E-state index in [9.17, 15) is 0 Å². The van der Waals surface area contributed by atoms with E-state index in [-0.39, 0.29) is 0 Å². The zero-order valence-corrected chi connectivity index (χ0v) is 14.0. The molecule has 1 aromatic carbocycles. The second-order valence-electron chi connectivity index (χ2n) is 5.68. The molecule has 2 N–H and O–H groups in total. The van der Waals surface area contributed by atoms with Gasteiger partial charge in [0.2, 0.25) is 5.95 Å². The second-order valence-corrected chi connectivity index (χ2v) is 5.68. The van der Waals surface area contributed by atoms with Gasteiger partial charge in [-0.3, -0.25) is 4.98 Å². The van der Waals surface area contributed by atoms with Crippen LogP contribution in [-0.4, -0.2) is 24.9 Å². The van der Waals surface area contributed by atoms with Crippen LogP contribution in [0.15, 0.2) is 67.3 Å². The van der Waals surface area contributed by atoms with Crippen molar-refractivity contribution in [1.82, 2.24) is 24.9 Å². The summed E-state index contributed by atoms with van der Waals surface area (Å²) in [7, 11) is 0. The highest BCUT2D eigenvalue weighted by Gasteiger charge is 2.09. The molecule has 0 aliphatic heterocycles. The quantitative estimate of drug-likeness (QED) is 0.556. The lowest BCUT2D eigenvalue weighted by Gasteiger charge is -2.11. The molecule has 7 nitrogen and oxygen atoms in total. The molecule has 0 aliphatic carbocycles. The van der Waals surface area contributed by atoms with Crippen LogP contribution in [0.5, 0.6) is 0 Å². The van der Waals surface area contributed by atoms with Crippen LogP contribution in [0.4, 0.5) is 11.8 Å². The molecule has 26 heavy (non-hydrogen) atoms. The van der Waals surface area contributed by atoms with Gasteiger partial charge in [-0.15, -0.1) is 0 Å². The molecule has 0 aliphatic rings. The number of aromatic nitrogens is 5. The Balaban J connectivity index is 1.58. The number of hydrogen-bond acceptors (Lipinski definition) is 7. The molecule has 0 radical (unpaired) electrons. The van der Waals surface area contributed by atoms with Gasteiger partial charge in [0.25, 0.3) is 0 Å². The van der Waals surface area contributed by atoms with Gasteiger partial charge in [-0.25, -0.2) is 9.97 Å². The van der Waals surface area contributed by atoms with E-state index in [1.165, 1.54) is 0 Å². The molecule has 0 spiro atoms. The Hall–Kier alpha value is -3.61. The monoisotopic (exact) mass is 343 g/mol. The fourth-order valence-electron chi connectivity index (χ4n) is 2.53. The molecule has 0 unspecified atom stereocenters. The lowest BCUT2D eigenvalue weighted by atomic mass is 10.2. The Kier molecular flexibility index (Phi) is 4.60. The van der Waals surface area contributed by atoms with Crippen molar-refractivity contribution in [2.75, 3.05) is 10.6 Å². The Bertz CT molecular complexity index is 990. The number of nitrogens with one attached hydrogen (secondary N) is 2. The van der Waals surface area contributed by atoms with Crippen LogP contribution in [0.2, 0.25) is 0 Å². The third-order valence-electron chi connectivity index (χ3n) is 3.81. The number of nitrogens with zero attached hydrogens (tertiary/aromatic N) is 5. The summed E-state index contributed by atoms with van der Waals surface area (Å²) in [5.41, 5.74) is 3.41. The average Bonchev–Trinajstić information content (AvgIpc) is 2.72. The molecule has 128 valence electrons. The molecule has 0 saturated heterocycles. The maximum Gasteiger partial charge on any atom is 0.227 e. The Morgan fingerprint density at radius 3 is 2.38 bits per heavy atom. The fourth-order valence-corrected chi connectivity index (χ4v) is 2.53. The molecule has 3 heterocycles. The summed E-state index contributed by atoms with van der Waals surface area (Å²) in [6.45, 7) is 1.23. The molecule has 4 aromatic rings. The third-order valence-corrected chi connectivity index (χ3v) is 3.81. The van der Waals surface area contributed by atoms with Crippen molar-refractivity contribution in [1.29, 1.82) is 0 Å². The third kappa shape index (κ3) is 3.72. The summed E-state index contributed by atoms with van der Waals surface area (Å²) in [4.78, 5) is 21.8. The van der Waals surface area contributed by atoms with Crippen molar-refractivity contribution >= 4 is 22.9 Å². The molecular weight excluding hydrogens is 326 g/mol. The van der Waals surface area contributed by atoms with Crippen LogP contribution in [0.25, 0.3) is 11.2 Å². The molecule has 0 atom stereocenters. The van der Waals surface area contributed by atoms with Crippen molar-refractivity contribution in [3.05, 3.63) is 78.4 Å². The van der Waals surface area contributed by atoms with Crippen LogP contribution >= 0.6 is 0 Å². The van der Waals surface area contributed by atoms with Gasteiger partial charge in [0.1, 0.15) is 0 Å². The first-order chi connectivity index (χ1) is 12.9. The zero-order chi connectivity index (χ0) is 17.6. The van der Waals surface area contributed by atoms with Gasteiger partial charge in [-0.1, -0.05) is 36.4 Å². The first-order valence-corrected chi connectivity index (χ1v) is 8.28. The van der Waals surface area contributed by atoms with Crippen molar-refractivity contribution in [3.63, 3.8) is 0 Å². The maximum atomic E-state index is 4.57. The minimum absolute atomic E-state index is 0.498. The lowest BCUT2D eigenvalue weighted by molar-refractivity contribution is 1.03. The normalized spacial score (nSPS) is 10.6. The summed E-state index contributed by atoms with van der Waals surface area (Å²) < 4.78 is 0. The van der Waals surface area contributed by atoms with Crippen LogP contribution in [0.3, 0.4) is 0 Å². The lowest BCUT2D eigenvalue weighted by Crippen LogP contribution is -2.09. The number of pyridine rings is 1. The standard InChI is InChI=1S/C19H17N7/c1-2-5-14(6-3-1)12-23-18-16-17(22-10-9-21-16)25-19(26-18)24-13-15-7-4-8-20-11-15/h1-11H,12-13H2,(H2,22,23,24,25,26). The molecular formula is C19H17N7. The molecule has 0 amide bonds. The Morgan fingerprint density at radius 1 is 0.731 bits per heavy atom. The second kappa shape index (κ2) is 7.52. The molecule has 0 saturated carbocycles. The minimum atomic E-state index is 0.498. The molecule has 3 aromatic heterocycles. The minimum Gasteiger partial charge on any atom is -0.364 e. The van der Waals surface area contributed by atoms with Crippen molar-refractivity contribution in [3.8, 4) is 0 Å². The van der Waals surface area contributed by atoms with E-state index in [0.717, 1.165) is 11.1 Å². The SMILES string of the molecule is c1ccc(CNc2nc(NCc3cccnc3)nc3nccnc23)cc1. The van der Waals surface area contributed by atoms with Gasteiger partial charge >= 0.3 is 0 Å². The van der Waals surface area contributed by atoms with Gasteiger partial charge in [0.05, 0.1) is 0 Å². The summed E-state index contributed by atoms with van der Waals surface area (Å²) in [5, 5.41) is 6.56. The first-order valence-electron chi connectivity index (χ1n) is 8.28. The number of hydrogen-bond donors (Lipinski definition) is 2. The van der Waals surface area contributed by atoms with E-state index >= 15 is 0 Å². The van der Waals surface area contributed by atoms with Crippen LogP contribution in [0, 0.1) is 0 Å². The predicted molar refractivity (Wildman–Crippen MR) is 100 cm³/mol. The first kappa shape index (κ1) is 15.9. The van der Waals surface area contributed by atoms with E-state index in [2.05, 4.69) is 47.7 Å². The molecule has 0 bridgehead atoms. The van der Waals surface area contributed by atoms with Gasteiger partial charge in [0.15, 0.2) is 17.0 Å². The van der Waals surface area contributed by atoms with Crippen LogP contribution < -0.4 is 10.6 Å². The van der Waals surface area contributed by atoms with E-state index in [0.29, 0.717) is 36.0 Å². The zero-order valence-electron chi connectivity index (χ0n) is 14.0. The topological polar surface area (TPSA) is 88.5 Å². The fraction of sp³-hybridized carbons (Fsp3) is 0.105. The Labute approximate surface area is 150 Å². The molecule has 7 heteroatoms. The number of fused-ring (bicyclic) bond motifs is 1. The van der Waals surface area contributed by atoms with Gasteiger partial charge in [0, 0.05) is 37.9 Å². The highest BCUT2D eigenvalue weighted by molar-refractivity contribution is 5.83. The van der Waals surface area contributed by atoms with Crippen molar-refractivity contribution < 1.29 is 0 Å². The Morgan fingerprint density at radius 2 is 1.54 bits per heavy atom. The van der Waals surface area contributed by atoms with Crippen LogP contribution in [0.1, 0.15) is 11.1 Å². The van der Waals surface area contributed by atoms with Crippen LogP contribution in [-0.2, 0) is 13.1 Å². The molecule has 4 rings (SSSR count).